The van der Waals surface area contributed by atoms with Gasteiger partial charge < -0.3 is 14.6 Å². The van der Waals surface area contributed by atoms with E-state index >= 15 is 0 Å². The molecule has 7 nitrogen and oxygen atoms in total. The number of phenols is 1. The Balaban J connectivity index is 2.05. The van der Waals surface area contributed by atoms with E-state index < -0.39 is 11.8 Å². The van der Waals surface area contributed by atoms with E-state index in [4.69, 9.17) is 21.7 Å². The van der Waals surface area contributed by atoms with Crippen LogP contribution in [0.1, 0.15) is 25.0 Å². The number of carbonyl (C=O) groups is 2. The molecule has 2 aromatic carbocycles. The predicted molar refractivity (Wildman–Crippen MR) is 123 cm³/mol. The van der Waals surface area contributed by atoms with Gasteiger partial charge in [0.2, 0.25) is 0 Å². The average Bonchev–Trinajstić information content (AvgIpc) is 2.73. The molecule has 0 atom stereocenters. The van der Waals surface area contributed by atoms with Crippen LogP contribution < -0.4 is 19.7 Å². The summed E-state index contributed by atoms with van der Waals surface area (Å²) in [6.45, 7) is 4.14. The minimum absolute atomic E-state index is 0.0151. The highest BCUT2D eigenvalue weighted by molar-refractivity contribution is 7.80. The summed E-state index contributed by atoms with van der Waals surface area (Å²) in [6, 6.07) is 10.1. The molecule has 0 aliphatic carbocycles. The first-order valence-corrected chi connectivity index (χ1v) is 9.98. The van der Waals surface area contributed by atoms with Gasteiger partial charge in [0.05, 0.1) is 19.4 Å². The summed E-state index contributed by atoms with van der Waals surface area (Å²) in [4.78, 5) is 27.0. The van der Waals surface area contributed by atoms with Crippen LogP contribution in [0.5, 0.6) is 17.2 Å². The van der Waals surface area contributed by atoms with Crippen LogP contribution in [-0.4, -0.2) is 35.8 Å². The van der Waals surface area contributed by atoms with Gasteiger partial charge in [-0.05, 0) is 62.0 Å². The number of carbonyl (C=O) groups excluding carboxylic acids is 2. The normalized spacial score (nSPS) is 15.5. The second-order valence-electron chi connectivity index (χ2n) is 6.55. The molecular weight excluding hydrogens is 416 g/mol. The first-order valence-electron chi connectivity index (χ1n) is 9.57. The van der Waals surface area contributed by atoms with Crippen molar-refractivity contribution in [2.24, 2.45) is 0 Å². The van der Waals surface area contributed by atoms with Crippen LogP contribution in [0.4, 0.5) is 5.69 Å². The fourth-order valence-corrected chi connectivity index (χ4v) is 3.42. The van der Waals surface area contributed by atoms with Crippen molar-refractivity contribution in [3.63, 3.8) is 0 Å². The van der Waals surface area contributed by atoms with E-state index in [0.29, 0.717) is 29.2 Å². The third kappa shape index (κ3) is 4.59. The first-order chi connectivity index (χ1) is 14.9. The van der Waals surface area contributed by atoms with E-state index in [-0.39, 0.29) is 22.2 Å². The summed E-state index contributed by atoms with van der Waals surface area (Å²) >= 11 is 5.24. The number of allylic oxidation sites excluding steroid dienone is 1. The number of hydrogen-bond donors (Lipinski definition) is 2. The fourth-order valence-electron chi connectivity index (χ4n) is 3.13. The lowest BCUT2D eigenvalue weighted by Crippen LogP contribution is -2.54. The van der Waals surface area contributed by atoms with Crippen molar-refractivity contribution in [3.05, 3.63) is 59.2 Å². The van der Waals surface area contributed by atoms with Crippen LogP contribution >= 0.6 is 12.2 Å². The SMILES string of the molecule is C/C=C/c1cc(/C=C2/C(=O)NC(=S)N(c3cccc(OCC)c3)C2=O)cc(OC)c1O. The van der Waals surface area contributed by atoms with Crippen molar-refractivity contribution in [2.45, 2.75) is 13.8 Å². The molecule has 2 aromatic rings. The molecule has 0 radical (unpaired) electrons. The molecule has 1 aliphatic heterocycles. The topological polar surface area (TPSA) is 88.1 Å². The Morgan fingerprint density at radius 2 is 2.00 bits per heavy atom. The molecule has 2 amide bonds. The van der Waals surface area contributed by atoms with E-state index in [2.05, 4.69) is 5.32 Å². The van der Waals surface area contributed by atoms with Gasteiger partial charge in [-0.3, -0.25) is 19.8 Å². The molecule has 3 rings (SSSR count). The van der Waals surface area contributed by atoms with Crippen molar-refractivity contribution in [1.82, 2.24) is 5.32 Å². The van der Waals surface area contributed by atoms with Gasteiger partial charge in [0.15, 0.2) is 16.6 Å². The summed E-state index contributed by atoms with van der Waals surface area (Å²) in [5.41, 5.74) is 1.38. The molecule has 1 fully saturated rings. The Bertz CT molecular complexity index is 1110. The average molecular weight is 439 g/mol. The monoisotopic (exact) mass is 438 g/mol. The van der Waals surface area contributed by atoms with Gasteiger partial charge in [-0.15, -0.1) is 0 Å². The molecule has 8 heteroatoms. The lowest BCUT2D eigenvalue weighted by Gasteiger charge is -2.29. The molecule has 160 valence electrons. The van der Waals surface area contributed by atoms with Crippen LogP contribution in [-0.2, 0) is 9.59 Å². The largest absolute Gasteiger partial charge is 0.504 e. The van der Waals surface area contributed by atoms with Gasteiger partial charge in [0.1, 0.15) is 11.3 Å². The standard InChI is InChI=1S/C23H22N2O5S/c1-4-7-15-10-14(12-19(29-3)20(15)26)11-18-21(27)24-23(31)25(22(18)28)16-8-6-9-17(13-16)30-5-2/h4,6-13,26H,5H2,1-3H3,(H,24,27,31)/b7-4+,18-11-. The summed E-state index contributed by atoms with van der Waals surface area (Å²) in [7, 11) is 1.43. The van der Waals surface area contributed by atoms with E-state index in [0.717, 1.165) is 0 Å². The van der Waals surface area contributed by atoms with Gasteiger partial charge in [-0.1, -0.05) is 18.2 Å². The number of methoxy groups -OCH3 is 1. The van der Waals surface area contributed by atoms with Gasteiger partial charge >= 0.3 is 0 Å². The minimum Gasteiger partial charge on any atom is -0.504 e. The molecule has 0 bridgehead atoms. The van der Waals surface area contributed by atoms with Crippen LogP contribution in [0, 0.1) is 0 Å². The maximum atomic E-state index is 13.2. The van der Waals surface area contributed by atoms with Crippen molar-refractivity contribution >= 4 is 47.0 Å². The van der Waals surface area contributed by atoms with Crippen LogP contribution in [0.3, 0.4) is 0 Å². The maximum Gasteiger partial charge on any atom is 0.270 e. The number of aromatic hydroxyl groups is 1. The van der Waals surface area contributed by atoms with Gasteiger partial charge in [-0.25, -0.2) is 0 Å². The molecule has 0 saturated carbocycles. The molecule has 1 saturated heterocycles. The molecule has 31 heavy (non-hydrogen) atoms. The second kappa shape index (κ2) is 9.44. The van der Waals surface area contributed by atoms with E-state index in [1.54, 1.807) is 48.6 Å². The second-order valence-corrected chi connectivity index (χ2v) is 6.94. The molecule has 0 aromatic heterocycles. The number of thiocarbonyl (C=S) groups is 1. The Morgan fingerprint density at radius 1 is 1.23 bits per heavy atom. The third-order valence-corrected chi connectivity index (χ3v) is 4.78. The quantitative estimate of drug-likeness (QED) is 0.407. The Hall–Kier alpha value is -3.65. The fraction of sp³-hybridized carbons (Fsp3) is 0.174. The summed E-state index contributed by atoms with van der Waals surface area (Å²) in [6.07, 6.45) is 4.90. The van der Waals surface area contributed by atoms with Gasteiger partial charge in [0, 0.05) is 11.6 Å². The summed E-state index contributed by atoms with van der Waals surface area (Å²) in [5.74, 6) is -0.396. The highest BCUT2D eigenvalue weighted by atomic mass is 32.1. The molecule has 2 N–H and O–H groups in total. The highest BCUT2D eigenvalue weighted by Crippen LogP contribution is 2.34. The van der Waals surface area contributed by atoms with Crippen LogP contribution in [0.15, 0.2) is 48.0 Å². The molecular formula is C23H22N2O5S. The van der Waals surface area contributed by atoms with Crippen LogP contribution in [0.25, 0.3) is 12.2 Å². The Morgan fingerprint density at radius 3 is 2.68 bits per heavy atom. The zero-order valence-electron chi connectivity index (χ0n) is 17.3. The Labute approximate surface area is 185 Å². The molecule has 0 unspecified atom stereocenters. The zero-order chi connectivity index (χ0) is 22.5. The highest BCUT2D eigenvalue weighted by Gasteiger charge is 2.34. The first kappa shape index (κ1) is 22.0. The predicted octanol–water partition coefficient (Wildman–Crippen LogP) is 3.66. The third-order valence-electron chi connectivity index (χ3n) is 4.49. The number of phenolic OH excluding ortho intramolecular Hbond substituents is 1. The maximum absolute atomic E-state index is 13.2. The van der Waals surface area contributed by atoms with Gasteiger partial charge in [0.25, 0.3) is 11.8 Å². The number of nitrogens with zero attached hydrogens (tertiary/aromatic N) is 1. The smallest absolute Gasteiger partial charge is 0.270 e. The van der Waals surface area contributed by atoms with Crippen molar-refractivity contribution < 1.29 is 24.2 Å². The summed E-state index contributed by atoms with van der Waals surface area (Å²) < 4.78 is 10.7. The molecule has 1 aliphatic rings. The zero-order valence-corrected chi connectivity index (χ0v) is 18.2. The molecule has 0 spiro atoms. The number of amides is 2. The summed E-state index contributed by atoms with van der Waals surface area (Å²) in [5, 5.41) is 12.8. The molecule has 1 heterocycles. The van der Waals surface area contributed by atoms with E-state index in [9.17, 15) is 14.7 Å². The lowest BCUT2D eigenvalue weighted by atomic mass is 10.0. The van der Waals surface area contributed by atoms with Crippen LogP contribution in [0.2, 0.25) is 0 Å². The number of nitrogens with one attached hydrogen (secondary N) is 1. The number of ether oxygens (including phenoxy) is 2. The van der Waals surface area contributed by atoms with Crippen molar-refractivity contribution in [3.8, 4) is 17.2 Å². The number of rotatable bonds is 6. The Kier molecular flexibility index (Phi) is 6.71. The van der Waals surface area contributed by atoms with Gasteiger partial charge in [-0.2, -0.15) is 0 Å². The van der Waals surface area contributed by atoms with Crippen molar-refractivity contribution in [1.29, 1.82) is 0 Å². The number of anilines is 1. The number of benzene rings is 2. The number of hydrogen-bond acceptors (Lipinski definition) is 6. The van der Waals surface area contributed by atoms with E-state index in [1.165, 1.54) is 18.1 Å². The van der Waals surface area contributed by atoms with E-state index in [1.807, 2.05) is 13.8 Å². The minimum atomic E-state index is -0.605. The van der Waals surface area contributed by atoms with Crippen molar-refractivity contribution in [2.75, 3.05) is 18.6 Å². The lowest BCUT2D eigenvalue weighted by molar-refractivity contribution is -0.122.